The summed E-state index contributed by atoms with van der Waals surface area (Å²) in [4.78, 5) is 29.9. The van der Waals surface area contributed by atoms with Crippen LogP contribution < -0.4 is 0 Å². The molecule has 1 saturated heterocycles. The van der Waals surface area contributed by atoms with Crippen LogP contribution in [0.25, 0.3) is 0 Å². The average Bonchev–Trinajstić information content (AvgIpc) is 2.67. The largest absolute Gasteiger partial charge is 0.339 e. The van der Waals surface area contributed by atoms with E-state index >= 15 is 0 Å². The molecule has 0 saturated carbocycles. The number of carbonyl (C=O) groups excluding carboxylic acids is 2. The predicted octanol–water partition coefficient (Wildman–Crippen LogP) is 3.08. The first-order valence-corrected chi connectivity index (χ1v) is 8.72. The van der Waals surface area contributed by atoms with Gasteiger partial charge in [0.05, 0.1) is 5.56 Å². The second-order valence-corrected chi connectivity index (χ2v) is 6.73. The fourth-order valence-electron chi connectivity index (χ4n) is 3.37. The van der Waals surface area contributed by atoms with Gasteiger partial charge in [-0.05, 0) is 33.0 Å². The summed E-state index contributed by atoms with van der Waals surface area (Å²) in [6.45, 7) is 1.46. The highest BCUT2D eigenvalue weighted by Gasteiger charge is 2.27. The Balaban J connectivity index is 1.81. The summed E-state index contributed by atoms with van der Waals surface area (Å²) in [5.41, 5.74) is 1.59. The van der Waals surface area contributed by atoms with Gasteiger partial charge in [-0.1, -0.05) is 48.5 Å². The van der Waals surface area contributed by atoms with E-state index in [9.17, 15) is 9.59 Å². The predicted molar refractivity (Wildman–Crippen MR) is 98.9 cm³/mol. The van der Waals surface area contributed by atoms with Gasteiger partial charge >= 0.3 is 0 Å². The minimum atomic E-state index is -0.104. The Morgan fingerprint density at radius 2 is 1.44 bits per heavy atom. The van der Waals surface area contributed by atoms with E-state index in [1.54, 1.807) is 24.3 Å². The molecule has 1 amide bonds. The number of hydrogen-bond donors (Lipinski definition) is 0. The van der Waals surface area contributed by atoms with Crippen molar-refractivity contribution in [2.75, 3.05) is 27.2 Å². The summed E-state index contributed by atoms with van der Waals surface area (Å²) in [5, 5.41) is 0. The molecule has 1 heterocycles. The lowest BCUT2D eigenvalue weighted by Crippen LogP contribution is -2.44. The second kappa shape index (κ2) is 7.62. The third kappa shape index (κ3) is 3.80. The van der Waals surface area contributed by atoms with Crippen LogP contribution in [0.2, 0.25) is 0 Å². The molecule has 1 aliphatic rings. The molecule has 0 aromatic heterocycles. The molecule has 0 aliphatic carbocycles. The number of rotatable bonds is 4. The van der Waals surface area contributed by atoms with Crippen molar-refractivity contribution in [3.8, 4) is 0 Å². The van der Waals surface area contributed by atoms with Crippen LogP contribution >= 0.6 is 0 Å². The highest BCUT2D eigenvalue weighted by molar-refractivity contribution is 6.15. The molecule has 0 spiro atoms. The zero-order chi connectivity index (χ0) is 17.8. The fourth-order valence-corrected chi connectivity index (χ4v) is 3.37. The van der Waals surface area contributed by atoms with Crippen LogP contribution in [0.4, 0.5) is 0 Å². The number of likely N-dealkylation sites (tertiary alicyclic amines) is 1. The van der Waals surface area contributed by atoms with Gasteiger partial charge in [0.15, 0.2) is 5.78 Å². The van der Waals surface area contributed by atoms with Gasteiger partial charge in [-0.25, -0.2) is 0 Å². The van der Waals surface area contributed by atoms with Crippen molar-refractivity contribution in [1.29, 1.82) is 0 Å². The zero-order valence-corrected chi connectivity index (χ0v) is 14.8. The molecule has 0 unspecified atom stereocenters. The Morgan fingerprint density at radius 1 is 0.880 bits per heavy atom. The summed E-state index contributed by atoms with van der Waals surface area (Å²) in [5.74, 6) is -0.148. The van der Waals surface area contributed by atoms with Crippen molar-refractivity contribution in [2.24, 2.45) is 0 Å². The number of hydrogen-bond acceptors (Lipinski definition) is 3. The SMILES string of the molecule is CN(C)C1CCN(C(=O)c2ccccc2C(=O)c2ccccc2)CC1. The number of ketones is 1. The standard InChI is InChI=1S/C21H24N2O2/c1-22(2)17-12-14-23(15-13-17)21(25)19-11-7-6-10-18(19)20(24)16-8-4-3-5-9-16/h3-11,17H,12-15H2,1-2H3. The first-order valence-electron chi connectivity index (χ1n) is 8.72. The van der Waals surface area contributed by atoms with E-state index in [0.717, 1.165) is 25.9 Å². The van der Waals surface area contributed by atoms with Crippen molar-refractivity contribution in [3.05, 3.63) is 71.3 Å². The van der Waals surface area contributed by atoms with Crippen molar-refractivity contribution < 1.29 is 9.59 Å². The van der Waals surface area contributed by atoms with Gasteiger partial charge in [-0.15, -0.1) is 0 Å². The molecule has 1 aliphatic heterocycles. The highest BCUT2D eigenvalue weighted by Crippen LogP contribution is 2.20. The maximum Gasteiger partial charge on any atom is 0.254 e. The monoisotopic (exact) mass is 336 g/mol. The summed E-state index contributed by atoms with van der Waals surface area (Å²) in [7, 11) is 4.16. The van der Waals surface area contributed by atoms with Crippen LogP contribution in [-0.2, 0) is 0 Å². The molecule has 0 N–H and O–H groups in total. The lowest BCUT2D eigenvalue weighted by molar-refractivity contribution is 0.0660. The van der Waals surface area contributed by atoms with Gasteiger partial charge in [0.1, 0.15) is 0 Å². The molecular formula is C21H24N2O2. The molecular weight excluding hydrogens is 312 g/mol. The van der Waals surface area contributed by atoms with Crippen molar-refractivity contribution >= 4 is 11.7 Å². The fraction of sp³-hybridized carbons (Fsp3) is 0.333. The van der Waals surface area contributed by atoms with Crippen LogP contribution in [0, 0.1) is 0 Å². The van der Waals surface area contributed by atoms with E-state index in [0.29, 0.717) is 22.7 Å². The number of piperidine rings is 1. The van der Waals surface area contributed by atoms with Gasteiger partial charge < -0.3 is 9.80 Å². The quantitative estimate of drug-likeness (QED) is 0.806. The third-order valence-corrected chi connectivity index (χ3v) is 4.92. The first kappa shape index (κ1) is 17.4. The molecule has 0 atom stereocenters. The van der Waals surface area contributed by atoms with E-state index in [-0.39, 0.29) is 11.7 Å². The third-order valence-electron chi connectivity index (χ3n) is 4.92. The van der Waals surface area contributed by atoms with Gasteiger partial charge in [0.25, 0.3) is 5.91 Å². The van der Waals surface area contributed by atoms with Crippen molar-refractivity contribution in [1.82, 2.24) is 9.80 Å². The Labute approximate surface area is 149 Å². The molecule has 25 heavy (non-hydrogen) atoms. The number of nitrogens with zero attached hydrogens (tertiary/aromatic N) is 2. The molecule has 2 aromatic carbocycles. The molecule has 2 aromatic rings. The number of benzene rings is 2. The van der Waals surface area contributed by atoms with Gasteiger partial charge in [0, 0.05) is 30.3 Å². The van der Waals surface area contributed by atoms with Gasteiger partial charge in [0.2, 0.25) is 0 Å². The molecule has 0 bridgehead atoms. The lowest BCUT2D eigenvalue weighted by atomic mass is 9.96. The summed E-state index contributed by atoms with van der Waals surface area (Å²) < 4.78 is 0. The topological polar surface area (TPSA) is 40.6 Å². The Bertz CT molecular complexity index is 748. The molecule has 4 nitrogen and oxygen atoms in total. The van der Waals surface area contributed by atoms with Crippen LogP contribution in [0.15, 0.2) is 54.6 Å². The first-order chi connectivity index (χ1) is 12.1. The molecule has 0 radical (unpaired) electrons. The van der Waals surface area contributed by atoms with Crippen molar-refractivity contribution in [2.45, 2.75) is 18.9 Å². The van der Waals surface area contributed by atoms with E-state index in [4.69, 9.17) is 0 Å². The van der Waals surface area contributed by atoms with Crippen LogP contribution in [0.3, 0.4) is 0 Å². The Kier molecular flexibility index (Phi) is 5.29. The van der Waals surface area contributed by atoms with E-state index in [1.807, 2.05) is 35.2 Å². The zero-order valence-electron chi connectivity index (χ0n) is 14.8. The maximum absolute atomic E-state index is 13.0. The smallest absolute Gasteiger partial charge is 0.254 e. The minimum absolute atomic E-state index is 0.0444. The second-order valence-electron chi connectivity index (χ2n) is 6.73. The van der Waals surface area contributed by atoms with Gasteiger partial charge in [-0.3, -0.25) is 9.59 Å². The summed E-state index contributed by atoms with van der Waals surface area (Å²) >= 11 is 0. The van der Waals surface area contributed by atoms with Crippen LogP contribution in [0.1, 0.15) is 39.1 Å². The number of carbonyl (C=O) groups is 2. The Morgan fingerprint density at radius 3 is 2.04 bits per heavy atom. The maximum atomic E-state index is 13.0. The molecule has 1 fully saturated rings. The highest BCUT2D eigenvalue weighted by atomic mass is 16.2. The van der Waals surface area contributed by atoms with E-state index in [1.165, 1.54) is 0 Å². The van der Waals surface area contributed by atoms with E-state index < -0.39 is 0 Å². The van der Waals surface area contributed by atoms with Crippen LogP contribution in [-0.4, -0.2) is 54.7 Å². The molecule has 4 heteroatoms. The normalized spacial score (nSPS) is 15.4. The number of amides is 1. The van der Waals surface area contributed by atoms with Crippen molar-refractivity contribution in [3.63, 3.8) is 0 Å². The lowest BCUT2D eigenvalue weighted by Gasteiger charge is -2.35. The molecule has 3 rings (SSSR count). The average molecular weight is 336 g/mol. The Hall–Kier alpha value is -2.46. The summed E-state index contributed by atoms with van der Waals surface area (Å²) in [6.07, 6.45) is 1.93. The summed E-state index contributed by atoms with van der Waals surface area (Å²) in [6, 6.07) is 16.8. The van der Waals surface area contributed by atoms with Gasteiger partial charge in [-0.2, -0.15) is 0 Å². The van der Waals surface area contributed by atoms with E-state index in [2.05, 4.69) is 19.0 Å². The molecule has 130 valence electrons. The minimum Gasteiger partial charge on any atom is -0.339 e. The van der Waals surface area contributed by atoms with Crippen LogP contribution in [0.5, 0.6) is 0 Å².